The SMILES string of the molecule is CC(C)OC1C=C(C(C)(C)OC(C)(C)C(C)C)CCC1. The Morgan fingerprint density at radius 2 is 1.70 bits per heavy atom. The molecule has 0 heterocycles. The van der Waals surface area contributed by atoms with E-state index in [2.05, 4.69) is 61.5 Å². The first kappa shape index (κ1) is 17.7. The van der Waals surface area contributed by atoms with Crippen molar-refractivity contribution in [2.45, 2.75) is 98.1 Å². The zero-order valence-corrected chi connectivity index (χ0v) is 14.7. The molecule has 0 aromatic rings. The third-order valence-corrected chi connectivity index (χ3v) is 4.45. The van der Waals surface area contributed by atoms with Gasteiger partial charge < -0.3 is 9.47 Å². The molecule has 1 rings (SSSR count). The van der Waals surface area contributed by atoms with E-state index in [0.717, 1.165) is 12.8 Å². The maximum Gasteiger partial charge on any atom is 0.0843 e. The van der Waals surface area contributed by atoms with Gasteiger partial charge in [0.15, 0.2) is 0 Å². The van der Waals surface area contributed by atoms with Gasteiger partial charge in [0.25, 0.3) is 0 Å². The first-order valence-electron chi connectivity index (χ1n) is 8.11. The van der Waals surface area contributed by atoms with Gasteiger partial charge in [-0.15, -0.1) is 0 Å². The fraction of sp³-hybridized carbons (Fsp3) is 0.889. The predicted octanol–water partition coefficient (Wildman–Crippen LogP) is 5.12. The minimum Gasteiger partial charge on any atom is -0.371 e. The fourth-order valence-corrected chi connectivity index (χ4v) is 2.68. The highest BCUT2D eigenvalue weighted by molar-refractivity contribution is 5.19. The standard InChI is InChI=1S/C18H34O2/c1-13(2)17(5,6)20-18(7,8)15-10-9-11-16(12-15)19-14(3)4/h12-14,16H,9-11H2,1-8H3. The normalized spacial score (nSPS) is 21.5. The fourth-order valence-electron chi connectivity index (χ4n) is 2.68. The zero-order chi connectivity index (χ0) is 15.6. The molecule has 20 heavy (non-hydrogen) atoms. The summed E-state index contributed by atoms with van der Waals surface area (Å²) in [5.74, 6) is 0.494. The average molecular weight is 282 g/mol. The minimum absolute atomic E-state index is 0.115. The van der Waals surface area contributed by atoms with Crippen molar-refractivity contribution in [1.29, 1.82) is 0 Å². The summed E-state index contributed by atoms with van der Waals surface area (Å²) in [4.78, 5) is 0. The second kappa shape index (κ2) is 6.62. The zero-order valence-electron chi connectivity index (χ0n) is 14.7. The molecule has 2 heteroatoms. The van der Waals surface area contributed by atoms with E-state index in [-0.39, 0.29) is 23.4 Å². The van der Waals surface area contributed by atoms with Crippen LogP contribution in [0.3, 0.4) is 0 Å². The summed E-state index contributed by atoms with van der Waals surface area (Å²) in [7, 11) is 0. The summed E-state index contributed by atoms with van der Waals surface area (Å²) in [6.07, 6.45) is 6.29. The van der Waals surface area contributed by atoms with Crippen molar-refractivity contribution in [1.82, 2.24) is 0 Å². The van der Waals surface area contributed by atoms with Crippen LogP contribution in [0.15, 0.2) is 11.6 Å². The lowest BCUT2D eigenvalue weighted by Crippen LogP contribution is -2.42. The van der Waals surface area contributed by atoms with Crippen molar-refractivity contribution >= 4 is 0 Å². The van der Waals surface area contributed by atoms with Crippen LogP contribution < -0.4 is 0 Å². The molecular formula is C18H34O2. The highest BCUT2D eigenvalue weighted by atomic mass is 16.5. The van der Waals surface area contributed by atoms with Crippen molar-refractivity contribution in [2.24, 2.45) is 5.92 Å². The Labute approximate surface area is 125 Å². The van der Waals surface area contributed by atoms with E-state index >= 15 is 0 Å². The molecule has 1 aliphatic rings. The molecular weight excluding hydrogens is 248 g/mol. The molecule has 0 aromatic heterocycles. The van der Waals surface area contributed by atoms with E-state index in [1.54, 1.807) is 0 Å². The van der Waals surface area contributed by atoms with E-state index in [1.165, 1.54) is 12.0 Å². The Bertz CT molecular complexity index is 337. The summed E-state index contributed by atoms with van der Waals surface area (Å²) in [6.45, 7) is 17.4. The first-order valence-corrected chi connectivity index (χ1v) is 8.11. The predicted molar refractivity (Wildman–Crippen MR) is 86.0 cm³/mol. The maximum atomic E-state index is 6.46. The highest BCUT2D eigenvalue weighted by Gasteiger charge is 2.35. The van der Waals surface area contributed by atoms with Crippen molar-refractivity contribution in [3.8, 4) is 0 Å². The first-order chi connectivity index (χ1) is 9.04. The Morgan fingerprint density at radius 1 is 1.10 bits per heavy atom. The van der Waals surface area contributed by atoms with E-state index in [0.29, 0.717) is 5.92 Å². The van der Waals surface area contributed by atoms with Gasteiger partial charge in [0.2, 0.25) is 0 Å². The molecule has 2 nitrogen and oxygen atoms in total. The topological polar surface area (TPSA) is 18.5 Å². The number of hydrogen-bond acceptors (Lipinski definition) is 2. The molecule has 0 aromatic carbocycles. The van der Waals surface area contributed by atoms with Crippen molar-refractivity contribution in [2.75, 3.05) is 0 Å². The van der Waals surface area contributed by atoms with Crippen LogP contribution in [-0.2, 0) is 9.47 Å². The van der Waals surface area contributed by atoms with Gasteiger partial charge in [0, 0.05) is 0 Å². The third kappa shape index (κ3) is 4.89. The average Bonchev–Trinajstić information content (AvgIpc) is 2.26. The summed E-state index contributed by atoms with van der Waals surface area (Å²) >= 11 is 0. The largest absolute Gasteiger partial charge is 0.371 e. The van der Waals surface area contributed by atoms with Gasteiger partial charge in [-0.25, -0.2) is 0 Å². The van der Waals surface area contributed by atoms with E-state index in [1.807, 2.05) is 0 Å². The van der Waals surface area contributed by atoms with Crippen LogP contribution in [0.5, 0.6) is 0 Å². The van der Waals surface area contributed by atoms with Crippen LogP contribution in [0.1, 0.15) is 74.7 Å². The summed E-state index contributed by atoms with van der Waals surface area (Å²) in [6, 6.07) is 0. The smallest absolute Gasteiger partial charge is 0.0843 e. The summed E-state index contributed by atoms with van der Waals surface area (Å²) < 4.78 is 12.4. The number of hydrogen-bond donors (Lipinski definition) is 0. The van der Waals surface area contributed by atoms with Gasteiger partial charge in [-0.2, -0.15) is 0 Å². The maximum absolute atomic E-state index is 6.46. The second-order valence-corrected chi connectivity index (χ2v) is 7.68. The van der Waals surface area contributed by atoms with Crippen molar-refractivity contribution < 1.29 is 9.47 Å². The molecule has 0 radical (unpaired) electrons. The number of rotatable bonds is 6. The summed E-state index contributed by atoms with van der Waals surface area (Å²) in [5, 5.41) is 0. The van der Waals surface area contributed by atoms with E-state index < -0.39 is 0 Å². The molecule has 0 fully saturated rings. The van der Waals surface area contributed by atoms with Crippen LogP contribution in [-0.4, -0.2) is 23.4 Å². The van der Waals surface area contributed by atoms with Crippen LogP contribution in [0.25, 0.3) is 0 Å². The molecule has 1 atom stereocenters. The number of ether oxygens (including phenoxy) is 2. The van der Waals surface area contributed by atoms with Gasteiger partial charge in [-0.1, -0.05) is 19.9 Å². The quantitative estimate of drug-likeness (QED) is 0.629. The molecule has 1 unspecified atom stereocenters. The highest BCUT2D eigenvalue weighted by Crippen LogP contribution is 2.36. The van der Waals surface area contributed by atoms with Gasteiger partial charge in [0.05, 0.1) is 23.4 Å². The third-order valence-electron chi connectivity index (χ3n) is 4.45. The molecule has 0 amide bonds. The second-order valence-electron chi connectivity index (χ2n) is 7.68. The van der Waals surface area contributed by atoms with Crippen LogP contribution in [0, 0.1) is 5.92 Å². The Morgan fingerprint density at radius 3 is 2.20 bits per heavy atom. The van der Waals surface area contributed by atoms with Crippen molar-refractivity contribution in [3.05, 3.63) is 11.6 Å². The molecule has 0 N–H and O–H groups in total. The lowest BCUT2D eigenvalue weighted by atomic mass is 9.85. The Kier molecular flexibility index (Phi) is 5.86. The van der Waals surface area contributed by atoms with E-state index in [4.69, 9.17) is 9.47 Å². The molecule has 0 saturated heterocycles. The van der Waals surface area contributed by atoms with Gasteiger partial charge in [-0.3, -0.25) is 0 Å². The Hall–Kier alpha value is -0.340. The van der Waals surface area contributed by atoms with Crippen LogP contribution in [0.2, 0.25) is 0 Å². The molecule has 0 spiro atoms. The van der Waals surface area contributed by atoms with Gasteiger partial charge in [0.1, 0.15) is 0 Å². The lowest BCUT2D eigenvalue weighted by molar-refractivity contribution is -0.128. The van der Waals surface area contributed by atoms with Crippen LogP contribution in [0.4, 0.5) is 0 Å². The molecule has 118 valence electrons. The molecule has 0 saturated carbocycles. The summed E-state index contributed by atoms with van der Waals surface area (Å²) in [5.41, 5.74) is 1.06. The molecule has 0 aliphatic heterocycles. The Balaban J connectivity index is 2.82. The molecule has 1 aliphatic carbocycles. The minimum atomic E-state index is -0.215. The van der Waals surface area contributed by atoms with Crippen LogP contribution >= 0.6 is 0 Å². The van der Waals surface area contributed by atoms with Gasteiger partial charge >= 0.3 is 0 Å². The van der Waals surface area contributed by atoms with Gasteiger partial charge in [-0.05, 0) is 72.3 Å². The van der Waals surface area contributed by atoms with E-state index in [9.17, 15) is 0 Å². The molecule has 0 bridgehead atoms. The monoisotopic (exact) mass is 282 g/mol. The van der Waals surface area contributed by atoms with Crippen molar-refractivity contribution in [3.63, 3.8) is 0 Å². The lowest BCUT2D eigenvalue weighted by Gasteiger charge is -2.41.